The van der Waals surface area contributed by atoms with E-state index in [-0.39, 0.29) is 12.4 Å². The summed E-state index contributed by atoms with van der Waals surface area (Å²) in [5.41, 5.74) is 7.53. The SMILES string of the molecule is CN1CC(=O)CCc2nc3c(c(Cc4ccccc4)c21)CC=CC3.Cl. The summed E-state index contributed by atoms with van der Waals surface area (Å²) in [6.07, 6.45) is 8.56. The lowest BCUT2D eigenvalue weighted by atomic mass is 9.90. The first-order valence-electron chi connectivity index (χ1n) is 8.67. The Morgan fingerprint density at radius 2 is 1.80 bits per heavy atom. The van der Waals surface area contributed by atoms with Gasteiger partial charge in [0, 0.05) is 25.6 Å². The highest BCUT2D eigenvalue weighted by molar-refractivity contribution is 5.86. The number of aromatic nitrogens is 1. The number of nitrogens with zero attached hydrogens (tertiary/aromatic N) is 2. The van der Waals surface area contributed by atoms with E-state index in [4.69, 9.17) is 4.98 Å². The topological polar surface area (TPSA) is 33.2 Å². The van der Waals surface area contributed by atoms with Crippen LogP contribution in [0.1, 0.15) is 34.5 Å². The molecule has 1 aromatic carbocycles. The number of likely N-dealkylation sites (N-methyl/N-ethyl adjacent to an activating group) is 1. The maximum atomic E-state index is 12.1. The van der Waals surface area contributed by atoms with Crippen molar-refractivity contribution in [2.24, 2.45) is 0 Å². The van der Waals surface area contributed by atoms with Crippen LogP contribution in [0, 0.1) is 0 Å². The zero-order valence-electron chi connectivity index (χ0n) is 14.5. The van der Waals surface area contributed by atoms with Crippen molar-refractivity contribution in [3.8, 4) is 0 Å². The molecule has 25 heavy (non-hydrogen) atoms. The molecular weight excluding hydrogens is 332 g/mol. The molecular formula is C21H23ClN2O. The van der Waals surface area contributed by atoms with Gasteiger partial charge in [-0.25, -0.2) is 0 Å². The van der Waals surface area contributed by atoms with Crippen LogP contribution in [-0.4, -0.2) is 24.4 Å². The van der Waals surface area contributed by atoms with Gasteiger partial charge in [-0.05, 0) is 36.0 Å². The van der Waals surface area contributed by atoms with E-state index in [0.717, 1.165) is 31.4 Å². The Hall–Kier alpha value is -2.13. The molecule has 0 unspecified atom stereocenters. The van der Waals surface area contributed by atoms with Gasteiger partial charge in [0.15, 0.2) is 5.78 Å². The van der Waals surface area contributed by atoms with Crippen molar-refractivity contribution in [2.75, 3.05) is 18.5 Å². The van der Waals surface area contributed by atoms with Crippen molar-refractivity contribution >= 4 is 23.9 Å². The average molecular weight is 355 g/mol. The van der Waals surface area contributed by atoms with Gasteiger partial charge in [-0.15, -0.1) is 12.4 Å². The highest BCUT2D eigenvalue weighted by Crippen LogP contribution is 2.35. The molecule has 0 radical (unpaired) electrons. The highest BCUT2D eigenvalue weighted by Gasteiger charge is 2.26. The first-order chi connectivity index (χ1) is 11.7. The molecule has 130 valence electrons. The molecule has 0 saturated carbocycles. The molecule has 1 aliphatic heterocycles. The van der Waals surface area contributed by atoms with Crippen LogP contribution < -0.4 is 4.90 Å². The molecule has 2 heterocycles. The molecule has 0 atom stereocenters. The molecule has 1 aromatic heterocycles. The molecule has 0 bridgehead atoms. The second-order valence-electron chi connectivity index (χ2n) is 6.75. The van der Waals surface area contributed by atoms with Crippen LogP contribution in [0.25, 0.3) is 0 Å². The number of hydrogen-bond donors (Lipinski definition) is 0. The lowest BCUT2D eigenvalue weighted by molar-refractivity contribution is -0.117. The van der Waals surface area contributed by atoms with E-state index in [1.54, 1.807) is 0 Å². The molecule has 0 spiro atoms. The summed E-state index contributed by atoms with van der Waals surface area (Å²) in [5, 5.41) is 0. The van der Waals surface area contributed by atoms with Crippen LogP contribution in [0.15, 0.2) is 42.5 Å². The second-order valence-corrected chi connectivity index (χ2v) is 6.75. The third kappa shape index (κ3) is 3.47. The normalized spacial score (nSPS) is 15.9. The summed E-state index contributed by atoms with van der Waals surface area (Å²) in [5.74, 6) is 0.303. The largest absolute Gasteiger partial charge is 0.366 e. The van der Waals surface area contributed by atoms with Gasteiger partial charge in [0.05, 0.1) is 17.9 Å². The molecule has 0 amide bonds. The molecule has 0 N–H and O–H groups in total. The van der Waals surface area contributed by atoms with Gasteiger partial charge in [-0.3, -0.25) is 9.78 Å². The van der Waals surface area contributed by atoms with Gasteiger partial charge in [0.2, 0.25) is 0 Å². The van der Waals surface area contributed by atoms with Gasteiger partial charge in [-0.2, -0.15) is 0 Å². The molecule has 0 saturated heterocycles. The smallest absolute Gasteiger partial charge is 0.152 e. The molecule has 2 aliphatic rings. The van der Waals surface area contributed by atoms with Crippen LogP contribution in [0.5, 0.6) is 0 Å². The number of pyridine rings is 1. The number of allylic oxidation sites excluding steroid dienone is 2. The number of aryl methyl sites for hydroxylation is 1. The van der Waals surface area contributed by atoms with Crippen molar-refractivity contribution in [1.29, 1.82) is 0 Å². The lowest BCUT2D eigenvalue weighted by Gasteiger charge is -2.27. The fourth-order valence-electron chi connectivity index (χ4n) is 3.88. The van der Waals surface area contributed by atoms with Crippen LogP contribution >= 0.6 is 12.4 Å². The minimum Gasteiger partial charge on any atom is -0.366 e. The van der Waals surface area contributed by atoms with Gasteiger partial charge in [-0.1, -0.05) is 42.5 Å². The third-order valence-electron chi connectivity index (χ3n) is 5.00. The number of ketones is 1. The predicted molar refractivity (Wildman–Crippen MR) is 104 cm³/mol. The highest BCUT2D eigenvalue weighted by atomic mass is 35.5. The number of carbonyl (C=O) groups excluding carboxylic acids is 1. The molecule has 4 heteroatoms. The predicted octanol–water partition coefficient (Wildman–Crippen LogP) is 3.70. The number of anilines is 1. The van der Waals surface area contributed by atoms with Crippen LogP contribution in [0.3, 0.4) is 0 Å². The fourth-order valence-corrected chi connectivity index (χ4v) is 3.88. The Bertz CT molecular complexity index is 814. The van der Waals surface area contributed by atoms with Crippen molar-refractivity contribution in [2.45, 2.75) is 32.1 Å². The van der Waals surface area contributed by atoms with E-state index in [0.29, 0.717) is 18.7 Å². The second kappa shape index (κ2) is 7.40. The van der Waals surface area contributed by atoms with E-state index in [2.05, 4.69) is 47.4 Å². The Morgan fingerprint density at radius 1 is 1.04 bits per heavy atom. The van der Waals surface area contributed by atoms with E-state index in [1.165, 1.54) is 28.1 Å². The van der Waals surface area contributed by atoms with Gasteiger partial charge in [0.1, 0.15) is 0 Å². The molecule has 1 aliphatic carbocycles. The lowest BCUT2D eigenvalue weighted by Crippen LogP contribution is -2.26. The molecule has 3 nitrogen and oxygen atoms in total. The van der Waals surface area contributed by atoms with Crippen molar-refractivity contribution in [1.82, 2.24) is 4.98 Å². The van der Waals surface area contributed by atoms with Crippen LogP contribution in [0.2, 0.25) is 0 Å². The van der Waals surface area contributed by atoms with E-state index in [9.17, 15) is 4.79 Å². The van der Waals surface area contributed by atoms with Crippen LogP contribution in [-0.2, 0) is 30.5 Å². The standard InChI is InChI=1S/C21H22N2O.ClH/c1-23-14-16(24)11-12-20-21(23)18(13-15-7-3-2-4-8-15)17-9-5-6-10-19(17)22-20;/h2-8H,9-14H2,1H3;1H. The van der Waals surface area contributed by atoms with Gasteiger partial charge >= 0.3 is 0 Å². The first kappa shape index (κ1) is 17.7. The zero-order chi connectivity index (χ0) is 16.5. The number of Topliss-reactive ketones (excluding diaryl/α,β-unsaturated/α-hetero) is 1. The van der Waals surface area contributed by atoms with E-state index < -0.39 is 0 Å². The van der Waals surface area contributed by atoms with Crippen LogP contribution in [0.4, 0.5) is 5.69 Å². The number of hydrogen-bond acceptors (Lipinski definition) is 3. The van der Waals surface area contributed by atoms with Crippen molar-refractivity contribution in [3.63, 3.8) is 0 Å². The summed E-state index contributed by atoms with van der Waals surface area (Å²) >= 11 is 0. The summed E-state index contributed by atoms with van der Waals surface area (Å²) in [4.78, 5) is 19.1. The minimum absolute atomic E-state index is 0. The number of benzene rings is 1. The number of rotatable bonds is 2. The Labute approximate surface area is 155 Å². The first-order valence-corrected chi connectivity index (χ1v) is 8.67. The van der Waals surface area contributed by atoms with Gasteiger partial charge in [0.25, 0.3) is 0 Å². The summed E-state index contributed by atoms with van der Waals surface area (Å²) in [7, 11) is 2.03. The molecule has 0 fully saturated rings. The quantitative estimate of drug-likeness (QED) is 0.771. The Morgan fingerprint density at radius 3 is 2.60 bits per heavy atom. The minimum atomic E-state index is 0. The summed E-state index contributed by atoms with van der Waals surface area (Å²) < 4.78 is 0. The molecule has 4 rings (SSSR count). The Balaban J connectivity index is 0.00000182. The third-order valence-corrected chi connectivity index (χ3v) is 5.00. The summed E-state index contributed by atoms with van der Waals surface area (Å²) in [6, 6.07) is 10.6. The summed E-state index contributed by atoms with van der Waals surface area (Å²) in [6.45, 7) is 0.491. The van der Waals surface area contributed by atoms with E-state index in [1.807, 2.05) is 7.05 Å². The van der Waals surface area contributed by atoms with E-state index >= 15 is 0 Å². The number of halogens is 1. The average Bonchev–Trinajstić information content (AvgIpc) is 2.74. The fraction of sp³-hybridized carbons (Fsp3) is 0.333. The number of fused-ring (bicyclic) bond motifs is 2. The Kier molecular flexibility index (Phi) is 5.24. The van der Waals surface area contributed by atoms with Crippen molar-refractivity contribution in [3.05, 3.63) is 70.6 Å². The maximum Gasteiger partial charge on any atom is 0.152 e. The monoisotopic (exact) mass is 354 g/mol. The van der Waals surface area contributed by atoms with Gasteiger partial charge < -0.3 is 4.90 Å². The molecule has 2 aromatic rings. The number of carbonyl (C=O) groups is 1. The van der Waals surface area contributed by atoms with Crippen molar-refractivity contribution < 1.29 is 4.79 Å². The zero-order valence-corrected chi connectivity index (χ0v) is 15.3. The maximum absolute atomic E-state index is 12.1.